The number of phenols is 1. The van der Waals surface area contributed by atoms with Crippen molar-refractivity contribution in [3.8, 4) is 17.1 Å². The molecule has 6 nitrogen and oxygen atoms in total. The molecule has 0 aliphatic rings. The molecule has 0 bridgehead atoms. The van der Waals surface area contributed by atoms with E-state index in [9.17, 15) is 5.11 Å². The SMILES string of the molecule is Nc1nc(CSc2nnc(-c3ccccc3O)n2Cc2ccccc2)cs1. The highest BCUT2D eigenvalue weighted by molar-refractivity contribution is 7.98. The Labute approximate surface area is 164 Å². The second kappa shape index (κ2) is 7.81. The zero-order valence-corrected chi connectivity index (χ0v) is 16.0. The second-order valence-corrected chi connectivity index (χ2v) is 7.69. The molecule has 136 valence electrons. The van der Waals surface area contributed by atoms with E-state index >= 15 is 0 Å². The van der Waals surface area contributed by atoms with Gasteiger partial charge in [-0.1, -0.05) is 54.2 Å². The molecule has 0 atom stereocenters. The number of rotatable bonds is 6. The third kappa shape index (κ3) is 3.96. The lowest BCUT2D eigenvalue weighted by Gasteiger charge is -2.11. The highest BCUT2D eigenvalue weighted by Gasteiger charge is 2.17. The molecular formula is C19H17N5OS2. The molecule has 0 saturated heterocycles. The number of hydrogen-bond acceptors (Lipinski definition) is 7. The molecule has 0 aliphatic carbocycles. The van der Waals surface area contributed by atoms with Crippen LogP contribution in [0.5, 0.6) is 5.75 Å². The molecular weight excluding hydrogens is 378 g/mol. The van der Waals surface area contributed by atoms with E-state index in [0.29, 0.717) is 28.8 Å². The van der Waals surface area contributed by atoms with Gasteiger partial charge in [-0.15, -0.1) is 21.5 Å². The van der Waals surface area contributed by atoms with Crippen molar-refractivity contribution < 1.29 is 5.11 Å². The van der Waals surface area contributed by atoms with Gasteiger partial charge in [0.15, 0.2) is 16.1 Å². The number of phenolic OH excluding ortho intramolecular Hbond substituents is 1. The summed E-state index contributed by atoms with van der Waals surface area (Å²) in [5.74, 6) is 1.47. The lowest BCUT2D eigenvalue weighted by atomic mass is 10.1. The number of anilines is 1. The van der Waals surface area contributed by atoms with Gasteiger partial charge in [0.2, 0.25) is 0 Å². The van der Waals surface area contributed by atoms with Crippen LogP contribution in [0.15, 0.2) is 65.1 Å². The molecule has 0 saturated carbocycles. The first-order valence-electron chi connectivity index (χ1n) is 8.29. The van der Waals surface area contributed by atoms with Crippen LogP contribution in [-0.4, -0.2) is 24.9 Å². The first kappa shape index (κ1) is 17.6. The lowest BCUT2D eigenvalue weighted by molar-refractivity contribution is 0.476. The number of thioether (sulfide) groups is 1. The van der Waals surface area contributed by atoms with E-state index in [-0.39, 0.29) is 5.75 Å². The molecule has 2 heterocycles. The van der Waals surface area contributed by atoms with Crippen LogP contribution in [-0.2, 0) is 12.3 Å². The van der Waals surface area contributed by atoms with E-state index in [1.54, 1.807) is 23.9 Å². The molecule has 27 heavy (non-hydrogen) atoms. The number of benzene rings is 2. The molecule has 0 radical (unpaired) electrons. The summed E-state index contributed by atoms with van der Waals surface area (Å²) in [6.45, 7) is 0.610. The lowest BCUT2D eigenvalue weighted by Crippen LogP contribution is -2.04. The average Bonchev–Trinajstić information content (AvgIpc) is 3.27. The molecule has 2 aromatic carbocycles. The standard InChI is InChI=1S/C19H17N5OS2/c20-18-21-14(11-26-18)12-27-19-23-22-17(15-8-4-5-9-16(15)25)24(19)10-13-6-2-1-3-7-13/h1-9,11,25H,10,12H2,(H2,20,21). The van der Waals surface area contributed by atoms with Crippen LogP contribution in [0.2, 0.25) is 0 Å². The van der Waals surface area contributed by atoms with Crippen molar-refractivity contribution in [1.82, 2.24) is 19.7 Å². The summed E-state index contributed by atoms with van der Waals surface area (Å²) in [6.07, 6.45) is 0. The number of aromatic hydroxyl groups is 1. The smallest absolute Gasteiger partial charge is 0.192 e. The summed E-state index contributed by atoms with van der Waals surface area (Å²) in [5, 5.41) is 22.3. The Hall–Kier alpha value is -2.84. The van der Waals surface area contributed by atoms with Crippen molar-refractivity contribution in [2.75, 3.05) is 5.73 Å². The van der Waals surface area contributed by atoms with Crippen LogP contribution in [0, 0.1) is 0 Å². The fourth-order valence-electron chi connectivity index (χ4n) is 2.69. The molecule has 0 fully saturated rings. The van der Waals surface area contributed by atoms with Crippen molar-refractivity contribution in [3.05, 3.63) is 71.2 Å². The van der Waals surface area contributed by atoms with E-state index < -0.39 is 0 Å². The highest BCUT2D eigenvalue weighted by Crippen LogP contribution is 2.32. The topological polar surface area (TPSA) is 89.8 Å². The first-order valence-corrected chi connectivity index (χ1v) is 10.2. The number of nitrogens with zero attached hydrogens (tertiary/aromatic N) is 4. The molecule has 0 unspecified atom stereocenters. The molecule has 3 N–H and O–H groups in total. The summed E-state index contributed by atoms with van der Waals surface area (Å²) in [6, 6.07) is 17.3. The van der Waals surface area contributed by atoms with E-state index in [4.69, 9.17) is 5.73 Å². The van der Waals surface area contributed by atoms with Gasteiger partial charge in [0, 0.05) is 11.1 Å². The molecule has 0 amide bonds. The number of hydrogen-bond donors (Lipinski definition) is 2. The molecule has 2 aromatic heterocycles. The summed E-state index contributed by atoms with van der Waals surface area (Å²) >= 11 is 2.98. The zero-order chi connectivity index (χ0) is 18.6. The fourth-order valence-corrected chi connectivity index (χ4v) is 4.19. The predicted molar refractivity (Wildman–Crippen MR) is 109 cm³/mol. The van der Waals surface area contributed by atoms with Gasteiger partial charge >= 0.3 is 0 Å². The second-order valence-electron chi connectivity index (χ2n) is 5.86. The Kier molecular flexibility index (Phi) is 5.08. The molecule has 0 spiro atoms. The maximum atomic E-state index is 10.3. The van der Waals surface area contributed by atoms with E-state index in [2.05, 4.69) is 27.3 Å². The maximum absolute atomic E-state index is 10.3. The van der Waals surface area contributed by atoms with Crippen molar-refractivity contribution in [3.63, 3.8) is 0 Å². The quantitative estimate of drug-likeness (QED) is 0.479. The van der Waals surface area contributed by atoms with Crippen LogP contribution >= 0.6 is 23.1 Å². The summed E-state index contributed by atoms with van der Waals surface area (Å²) < 4.78 is 2.02. The molecule has 4 aromatic rings. The Morgan fingerprint density at radius 3 is 2.56 bits per heavy atom. The van der Waals surface area contributed by atoms with Crippen LogP contribution < -0.4 is 5.73 Å². The van der Waals surface area contributed by atoms with Crippen LogP contribution in [0.4, 0.5) is 5.13 Å². The molecule has 0 aliphatic heterocycles. The van der Waals surface area contributed by atoms with Crippen molar-refractivity contribution >= 4 is 28.2 Å². The minimum Gasteiger partial charge on any atom is -0.507 e. The maximum Gasteiger partial charge on any atom is 0.192 e. The minimum absolute atomic E-state index is 0.183. The van der Waals surface area contributed by atoms with E-state index in [0.717, 1.165) is 16.4 Å². The average molecular weight is 396 g/mol. The van der Waals surface area contributed by atoms with Gasteiger partial charge in [0.25, 0.3) is 0 Å². The van der Waals surface area contributed by atoms with Gasteiger partial charge in [0.1, 0.15) is 5.75 Å². The number of nitrogens with two attached hydrogens (primary N) is 1. The Bertz CT molecular complexity index is 1050. The van der Waals surface area contributed by atoms with Gasteiger partial charge in [-0.3, -0.25) is 4.57 Å². The van der Waals surface area contributed by atoms with Gasteiger partial charge in [-0.2, -0.15) is 0 Å². The van der Waals surface area contributed by atoms with Crippen LogP contribution in [0.3, 0.4) is 0 Å². The van der Waals surface area contributed by atoms with Gasteiger partial charge < -0.3 is 10.8 Å². The monoisotopic (exact) mass is 395 g/mol. The minimum atomic E-state index is 0.183. The first-order chi connectivity index (χ1) is 13.2. The number of nitrogen functional groups attached to an aromatic ring is 1. The Balaban J connectivity index is 1.69. The Morgan fingerprint density at radius 1 is 1.04 bits per heavy atom. The molecule has 4 rings (SSSR count). The third-order valence-corrected chi connectivity index (χ3v) is 5.69. The van der Waals surface area contributed by atoms with Crippen LogP contribution in [0.25, 0.3) is 11.4 Å². The zero-order valence-electron chi connectivity index (χ0n) is 14.3. The predicted octanol–water partition coefficient (Wildman–Crippen LogP) is 4.03. The summed E-state index contributed by atoms with van der Waals surface area (Å²) in [7, 11) is 0. The summed E-state index contributed by atoms with van der Waals surface area (Å²) in [4.78, 5) is 4.30. The third-order valence-electron chi connectivity index (χ3n) is 3.96. The number of aromatic nitrogens is 4. The van der Waals surface area contributed by atoms with Crippen molar-refractivity contribution in [2.45, 2.75) is 17.5 Å². The number of thiazole rings is 1. The summed E-state index contributed by atoms with van der Waals surface area (Å²) in [5.41, 5.74) is 8.42. The van der Waals surface area contributed by atoms with Crippen molar-refractivity contribution in [1.29, 1.82) is 0 Å². The largest absolute Gasteiger partial charge is 0.507 e. The highest BCUT2D eigenvalue weighted by atomic mass is 32.2. The van der Waals surface area contributed by atoms with E-state index in [1.165, 1.54) is 11.3 Å². The number of para-hydroxylation sites is 1. The Morgan fingerprint density at radius 2 is 1.81 bits per heavy atom. The molecule has 8 heteroatoms. The normalized spacial score (nSPS) is 11.0. The van der Waals surface area contributed by atoms with Gasteiger partial charge in [-0.05, 0) is 17.7 Å². The van der Waals surface area contributed by atoms with Crippen LogP contribution in [0.1, 0.15) is 11.3 Å². The van der Waals surface area contributed by atoms with Gasteiger partial charge in [-0.25, -0.2) is 4.98 Å². The van der Waals surface area contributed by atoms with E-state index in [1.807, 2.05) is 40.3 Å². The van der Waals surface area contributed by atoms with Crippen molar-refractivity contribution in [2.24, 2.45) is 0 Å². The van der Waals surface area contributed by atoms with Gasteiger partial charge in [0.05, 0.1) is 17.8 Å². The fraction of sp³-hybridized carbons (Fsp3) is 0.105.